The number of halogens is 2. The highest BCUT2D eigenvalue weighted by atomic mass is 19.2. The van der Waals surface area contributed by atoms with Gasteiger partial charge in [0.15, 0.2) is 11.6 Å². The Balaban J connectivity index is 1.85. The molecule has 8 heteroatoms. The minimum Gasteiger partial charge on any atom is -0.489 e. The van der Waals surface area contributed by atoms with Crippen LogP contribution in [0.3, 0.4) is 0 Å². The van der Waals surface area contributed by atoms with Gasteiger partial charge in [-0.15, -0.1) is 0 Å². The molecule has 160 valence electrons. The molecule has 0 spiro atoms. The van der Waals surface area contributed by atoms with Gasteiger partial charge in [0.1, 0.15) is 29.8 Å². The van der Waals surface area contributed by atoms with Crippen molar-refractivity contribution in [3.05, 3.63) is 88.0 Å². The average Bonchev–Trinajstić information content (AvgIpc) is 2.74. The third-order valence-corrected chi connectivity index (χ3v) is 4.70. The number of nitrogens with zero attached hydrogens (tertiary/aromatic N) is 1. The topological polar surface area (TPSA) is 94.6 Å². The molecule has 6 nitrogen and oxygen atoms in total. The van der Waals surface area contributed by atoms with Crippen molar-refractivity contribution < 1.29 is 27.8 Å². The predicted molar refractivity (Wildman–Crippen MR) is 107 cm³/mol. The van der Waals surface area contributed by atoms with E-state index in [4.69, 9.17) is 19.9 Å². The molecule has 0 radical (unpaired) electrons. The molecule has 1 atom stereocenters. The highest BCUT2D eigenvalue weighted by molar-refractivity contribution is 5.92. The van der Waals surface area contributed by atoms with Crippen LogP contribution in [0.1, 0.15) is 30.9 Å². The van der Waals surface area contributed by atoms with E-state index in [0.717, 1.165) is 12.1 Å². The summed E-state index contributed by atoms with van der Waals surface area (Å²) in [7, 11) is 0. The van der Waals surface area contributed by atoms with Crippen LogP contribution in [0.25, 0.3) is 0 Å². The number of rotatable bonds is 6. The summed E-state index contributed by atoms with van der Waals surface area (Å²) in [4.78, 5) is 12.5. The van der Waals surface area contributed by atoms with Gasteiger partial charge in [0, 0.05) is 0 Å². The number of nitriles is 1. The van der Waals surface area contributed by atoms with Crippen LogP contribution in [0.4, 0.5) is 8.78 Å². The number of nitrogens with two attached hydrogens (primary N) is 1. The standard InChI is InChI=1S/C23H20F2N2O4/c1-3-29-23(28)20-13(2)31-22(27)17(11-26)21(20)15-5-7-16(8-6-15)30-12-14-4-9-18(24)19(25)10-14/h4-10,21H,3,12,27H2,1-2H3. The molecule has 0 saturated carbocycles. The molecule has 2 aromatic rings. The fourth-order valence-corrected chi connectivity index (χ4v) is 3.24. The Hall–Kier alpha value is -3.86. The van der Waals surface area contributed by atoms with E-state index in [-0.39, 0.29) is 36.0 Å². The van der Waals surface area contributed by atoms with E-state index in [1.165, 1.54) is 6.07 Å². The van der Waals surface area contributed by atoms with Crippen molar-refractivity contribution in [2.24, 2.45) is 5.73 Å². The van der Waals surface area contributed by atoms with Gasteiger partial charge in [-0.25, -0.2) is 13.6 Å². The Kier molecular flexibility index (Phi) is 6.55. The second-order valence-electron chi connectivity index (χ2n) is 6.72. The van der Waals surface area contributed by atoms with Gasteiger partial charge in [0.2, 0.25) is 5.88 Å². The van der Waals surface area contributed by atoms with Crippen molar-refractivity contribution in [3.8, 4) is 11.8 Å². The molecule has 0 fully saturated rings. The van der Waals surface area contributed by atoms with E-state index in [1.54, 1.807) is 38.1 Å². The van der Waals surface area contributed by atoms with Crippen LogP contribution in [-0.4, -0.2) is 12.6 Å². The number of hydrogen-bond donors (Lipinski definition) is 1. The van der Waals surface area contributed by atoms with Crippen molar-refractivity contribution >= 4 is 5.97 Å². The summed E-state index contributed by atoms with van der Waals surface area (Å²) < 4.78 is 42.5. The fourth-order valence-electron chi connectivity index (χ4n) is 3.24. The largest absolute Gasteiger partial charge is 0.489 e. The fraction of sp³-hybridized carbons (Fsp3) is 0.217. The lowest BCUT2D eigenvalue weighted by Gasteiger charge is -2.26. The Morgan fingerprint density at radius 1 is 1.19 bits per heavy atom. The number of esters is 1. The maximum atomic E-state index is 13.3. The van der Waals surface area contributed by atoms with Crippen LogP contribution in [0, 0.1) is 23.0 Å². The van der Waals surface area contributed by atoms with Crippen molar-refractivity contribution in [3.63, 3.8) is 0 Å². The lowest BCUT2D eigenvalue weighted by molar-refractivity contribution is -0.139. The quantitative estimate of drug-likeness (QED) is 0.696. The molecular weight excluding hydrogens is 406 g/mol. The van der Waals surface area contributed by atoms with Crippen molar-refractivity contribution in [1.29, 1.82) is 5.26 Å². The van der Waals surface area contributed by atoms with Crippen LogP contribution in [0.2, 0.25) is 0 Å². The van der Waals surface area contributed by atoms with Crippen LogP contribution >= 0.6 is 0 Å². The maximum Gasteiger partial charge on any atom is 0.338 e. The molecule has 0 saturated heterocycles. The van der Waals surface area contributed by atoms with Gasteiger partial charge >= 0.3 is 5.97 Å². The summed E-state index contributed by atoms with van der Waals surface area (Å²) in [5, 5.41) is 9.59. The molecule has 1 aliphatic rings. The summed E-state index contributed by atoms with van der Waals surface area (Å²) in [6.07, 6.45) is 0. The number of allylic oxidation sites excluding steroid dienone is 2. The van der Waals surface area contributed by atoms with E-state index in [0.29, 0.717) is 16.9 Å². The highest BCUT2D eigenvalue weighted by Crippen LogP contribution is 2.40. The van der Waals surface area contributed by atoms with Crippen molar-refractivity contribution in [2.75, 3.05) is 6.61 Å². The molecule has 0 amide bonds. The highest BCUT2D eigenvalue weighted by Gasteiger charge is 2.36. The molecule has 2 aromatic carbocycles. The first-order chi connectivity index (χ1) is 14.8. The third kappa shape index (κ3) is 4.67. The molecule has 2 N–H and O–H groups in total. The molecule has 0 aliphatic carbocycles. The molecule has 1 unspecified atom stereocenters. The normalized spacial score (nSPS) is 15.9. The Morgan fingerprint density at radius 2 is 1.90 bits per heavy atom. The molecule has 1 aliphatic heterocycles. The Morgan fingerprint density at radius 3 is 2.52 bits per heavy atom. The maximum absolute atomic E-state index is 13.3. The van der Waals surface area contributed by atoms with Gasteiger partial charge in [0.05, 0.1) is 18.1 Å². The first-order valence-corrected chi connectivity index (χ1v) is 9.47. The van der Waals surface area contributed by atoms with Crippen LogP contribution in [0.5, 0.6) is 5.75 Å². The Labute approximate surface area is 178 Å². The van der Waals surface area contributed by atoms with Gasteiger partial charge in [-0.2, -0.15) is 5.26 Å². The van der Waals surface area contributed by atoms with Gasteiger partial charge in [-0.1, -0.05) is 18.2 Å². The minimum absolute atomic E-state index is 0.0389. The second kappa shape index (κ2) is 9.30. The number of benzene rings is 2. The third-order valence-electron chi connectivity index (χ3n) is 4.70. The summed E-state index contributed by atoms with van der Waals surface area (Å²) in [5.74, 6) is -2.56. The smallest absolute Gasteiger partial charge is 0.338 e. The predicted octanol–water partition coefficient (Wildman–Crippen LogP) is 4.19. The zero-order valence-corrected chi connectivity index (χ0v) is 16.9. The van der Waals surface area contributed by atoms with Crippen molar-refractivity contribution in [2.45, 2.75) is 26.4 Å². The summed E-state index contributed by atoms with van der Waals surface area (Å²) in [6, 6.07) is 12.2. The minimum atomic E-state index is -0.946. The van der Waals surface area contributed by atoms with E-state index in [1.807, 2.05) is 6.07 Å². The van der Waals surface area contributed by atoms with E-state index < -0.39 is 23.5 Å². The SMILES string of the molecule is CCOC(=O)C1=C(C)OC(N)=C(C#N)C1c1ccc(OCc2ccc(F)c(F)c2)cc1. The number of carbonyl (C=O) groups excluding carboxylic acids is 1. The molecule has 1 heterocycles. The summed E-state index contributed by atoms with van der Waals surface area (Å²) >= 11 is 0. The first-order valence-electron chi connectivity index (χ1n) is 9.47. The van der Waals surface area contributed by atoms with Gasteiger partial charge < -0.3 is 19.9 Å². The second-order valence-corrected chi connectivity index (χ2v) is 6.72. The Bertz CT molecular complexity index is 1100. The lowest BCUT2D eigenvalue weighted by Crippen LogP contribution is -2.25. The van der Waals surface area contributed by atoms with Crippen LogP contribution < -0.4 is 10.5 Å². The zero-order valence-electron chi connectivity index (χ0n) is 16.9. The lowest BCUT2D eigenvalue weighted by atomic mass is 9.83. The molecular formula is C23H20F2N2O4. The molecule has 0 bridgehead atoms. The van der Waals surface area contributed by atoms with E-state index in [9.17, 15) is 18.8 Å². The van der Waals surface area contributed by atoms with Gasteiger partial charge in [-0.05, 0) is 49.2 Å². The summed E-state index contributed by atoms with van der Waals surface area (Å²) in [6.45, 7) is 3.47. The first kappa shape index (κ1) is 21.8. The van der Waals surface area contributed by atoms with Gasteiger partial charge in [-0.3, -0.25) is 0 Å². The molecule has 31 heavy (non-hydrogen) atoms. The van der Waals surface area contributed by atoms with E-state index in [2.05, 4.69) is 0 Å². The number of carbonyl (C=O) groups is 1. The van der Waals surface area contributed by atoms with Crippen molar-refractivity contribution in [1.82, 2.24) is 0 Å². The average molecular weight is 426 g/mol. The number of ether oxygens (including phenoxy) is 3. The monoisotopic (exact) mass is 426 g/mol. The number of hydrogen-bond acceptors (Lipinski definition) is 6. The molecule has 3 rings (SSSR count). The van der Waals surface area contributed by atoms with Crippen LogP contribution in [-0.2, 0) is 20.9 Å². The van der Waals surface area contributed by atoms with Gasteiger partial charge in [0.25, 0.3) is 0 Å². The van der Waals surface area contributed by atoms with Crippen LogP contribution in [0.15, 0.2) is 65.3 Å². The molecule has 0 aromatic heterocycles. The zero-order chi connectivity index (χ0) is 22.5. The van der Waals surface area contributed by atoms with E-state index >= 15 is 0 Å². The summed E-state index contributed by atoms with van der Waals surface area (Å²) in [5.41, 5.74) is 7.26.